The number of carboxylic acid groups (broad SMARTS) is 2. The molecule has 3 amide bonds. The second kappa shape index (κ2) is 55.6. The van der Waals surface area contributed by atoms with Crippen molar-refractivity contribution in [2.45, 2.75) is 109 Å². The maximum atomic E-state index is 13.3. The first-order valence-corrected chi connectivity index (χ1v) is 48.6. The zero-order valence-electron chi connectivity index (χ0n) is 78.1. The van der Waals surface area contributed by atoms with Gasteiger partial charge in [-0.1, -0.05) is 248 Å². The molecule has 0 spiro atoms. The Morgan fingerprint density at radius 1 is 0.421 bits per heavy atom. The molecule has 1 saturated heterocycles. The van der Waals surface area contributed by atoms with Crippen molar-refractivity contribution in [3.05, 3.63) is 341 Å². The maximum Gasteiger partial charge on any atom is 1.00 e. The molecule has 0 bridgehead atoms. The molecule has 3 aromatic heterocycles. The summed E-state index contributed by atoms with van der Waals surface area (Å²) in [5.41, 5.74) is 6.95. The molecule has 4 heterocycles. The van der Waals surface area contributed by atoms with Crippen LogP contribution in [0.25, 0.3) is 80.6 Å². The van der Waals surface area contributed by atoms with Gasteiger partial charge in [-0.15, -0.1) is 6.42 Å². The van der Waals surface area contributed by atoms with Crippen molar-refractivity contribution >= 4 is 264 Å². The minimum atomic E-state index is -1.32. The van der Waals surface area contributed by atoms with Gasteiger partial charge in [0.15, 0.2) is 17.1 Å². The minimum Gasteiger partial charge on any atom is -0.870 e. The Bertz CT molecular complexity index is 7340. The average molecular weight is 2390 g/mol. The predicted octanol–water partition coefficient (Wildman–Crippen LogP) is 22.9. The van der Waals surface area contributed by atoms with Gasteiger partial charge < -0.3 is 61.2 Å². The Balaban J connectivity index is 0.000000263. The zero-order valence-corrected chi connectivity index (χ0v) is 90.7. The summed E-state index contributed by atoms with van der Waals surface area (Å²) in [5.74, 6) is 7.31. The maximum absolute atomic E-state index is 13.3. The van der Waals surface area contributed by atoms with Gasteiger partial charge in [-0.2, -0.15) is 0 Å². The molecule has 0 unspecified atom stereocenters. The number of aliphatic hydroxyl groups is 3. The number of hydrogen-bond acceptors (Lipinski definition) is 17. The topological polar surface area (TPSA) is 366 Å². The second-order valence-corrected chi connectivity index (χ2v) is 39.5. The van der Waals surface area contributed by atoms with Gasteiger partial charge in [-0.25, -0.2) is 33.7 Å². The summed E-state index contributed by atoms with van der Waals surface area (Å²) >= 11 is 72.8. The van der Waals surface area contributed by atoms with Crippen LogP contribution in [-0.2, 0) is 47.9 Å². The number of halogens is 13. The van der Waals surface area contributed by atoms with Gasteiger partial charge in [0.05, 0.1) is 113 Å². The van der Waals surface area contributed by atoms with Crippen LogP contribution in [0.5, 0.6) is 0 Å². The van der Waals surface area contributed by atoms with E-state index in [4.69, 9.17) is 178 Å². The van der Waals surface area contributed by atoms with Crippen LogP contribution >= 0.6 is 173 Å². The van der Waals surface area contributed by atoms with Crippen molar-refractivity contribution in [3.8, 4) is 69.4 Å². The van der Waals surface area contributed by atoms with E-state index in [1.54, 1.807) is 142 Å². The van der Waals surface area contributed by atoms with Crippen molar-refractivity contribution in [2.24, 2.45) is 0 Å². The number of aromatic carboxylic acids is 1. The number of nitrogens with zero attached hydrogens (tertiary/aromatic N) is 6. The molecule has 14 rings (SSSR count). The molecule has 1 aliphatic heterocycles. The molecule has 9 N–H and O–H groups in total. The predicted molar refractivity (Wildman–Crippen MR) is 584 cm³/mol. The SMILES string of the molecule is C#CC(C)(C)O.C1CCOC1.O=C(O)c1c(Cl)cc(I)cc1Cl.[C-]#[N+]c1ccc(-c2ccc(C[C@H](NC(=O)c3c(Cl)cc(C#CC(C)(C)O)cc3Cl)C(=O)O)c3cccnc23)c(Cl)c1.[C-]#[N+]c1ccc(-c2ccc(C[C@H](NC(=O)c3c(Cl)cc(C#CC(C)(C)O)cc3Cl)C(=O)OC)c3cccnc23)c(Cl)c1.[C-]#[N+]c1ccc(-c2ccc(C[C@H](NC(=O)c3c(Cl)cc(I)cc3Cl)C(=O)OC)c3cccnc23)c(Cl)c1.[Li+].[OH-]. The van der Waals surface area contributed by atoms with Gasteiger partial charge in [0.1, 0.15) is 34.9 Å². The van der Waals surface area contributed by atoms with Gasteiger partial charge in [-0.3, -0.25) is 29.3 Å². The minimum absolute atomic E-state index is 0. The van der Waals surface area contributed by atoms with Crippen molar-refractivity contribution in [3.63, 3.8) is 0 Å². The molecule has 10 aromatic carbocycles. The van der Waals surface area contributed by atoms with E-state index in [0.717, 1.165) is 58.9 Å². The number of nitrogens with one attached hydrogen (secondary N) is 3. The number of benzene rings is 10. The summed E-state index contributed by atoms with van der Waals surface area (Å²) in [5, 5.41) is 59.0. The summed E-state index contributed by atoms with van der Waals surface area (Å²) in [6.45, 7) is 32.9. The standard InChI is InChI=1S/C32H24Cl3N3O4.C31H22Cl3N3O4.C27H17Cl3IN3O3.C7H3Cl2IO2.C5H8O.C4H8O.Li.H2O/c1-32(2,41)12-11-18-14-25(34)28(26(35)15-18)30(39)38-27(31(40)42-4)16-19-7-9-23(29-21(19)6-5-13-37-29)22-10-8-20(36-3)17-24(22)33;1-31(2,41)11-10-17-13-24(33)27(25(34)14-17)29(38)37-26(30(39)40)15-18-6-8-22(28-20(18)5-4-12-36-28)21-9-7-19(35-3)16-23(21)32;1-32-16-6-8-18(20(28)13-16)19-7-5-14(17-4-3-9-33-25(17)19)10-23(27(36)37-2)34-26(35)24-21(29)11-15(31)12-22(24)30;8-4-1-3(10)2-5(9)6(4)7(11)12;1-4-5(2,3)6;1-2-4-5-3-1;;/h5-10,13-15,17,27,41H,16H2,1-2,4H3,(H,38,39);4-9,12-14,16,26,41H,15H2,1-2H3,(H,37,38)(H,39,40);3-9,11-13,23H,10H2,2H3,(H,34,35);1-2H,(H,11,12);1,6H,2-3H3;1-4H2;;1H2/q;;;;;;+1;/p-1/t27-;26-;23-;;;;;/m000...../s1. The molecule has 1 aliphatic rings. The zero-order chi connectivity index (χ0) is 105. The summed E-state index contributed by atoms with van der Waals surface area (Å²) < 4.78 is 16.5. The number of aliphatic carboxylic acids is 1. The van der Waals surface area contributed by atoms with E-state index in [1.807, 2.05) is 87.6 Å². The number of carboxylic acids is 2. The number of amides is 3. The summed E-state index contributed by atoms with van der Waals surface area (Å²) in [6, 6.07) is 45.6. The molecular weight excluding hydrogens is 2310 g/mol. The number of esters is 2. The van der Waals surface area contributed by atoms with Crippen LogP contribution in [0.3, 0.4) is 0 Å². The summed E-state index contributed by atoms with van der Waals surface area (Å²) in [4.78, 5) is 112. The number of rotatable bonds is 19. The number of terminal acetylenes is 1. The van der Waals surface area contributed by atoms with Crippen molar-refractivity contribution in [1.29, 1.82) is 0 Å². The van der Waals surface area contributed by atoms with E-state index in [2.05, 4.69) is 75.0 Å². The number of ether oxygens (including phenoxy) is 3. The first-order valence-electron chi connectivity index (χ1n) is 42.3. The van der Waals surface area contributed by atoms with Gasteiger partial charge in [-0.05, 0) is 218 Å². The van der Waals surface area contributed by atoms with Crippen LogP contribution in [0.4, 0.5) is 17.1 Å². The molecular formula is C106H83Cl11I2LiN9O16. The van der Waals surface area contributed by atoms with Gasteiger partial charge in [0, 0.05) is 117 Å². The van der Waals surface area contributed by atoms with Crippen LogP contribution in [0, 0.1) is 62.9 Å². The van der Waals surface area contributed by atoms with Gasteiger partial charge in [0.2, 0.25) is 0 Å². The van der Waals surface area contributed by atoms with E-state index in [-0.39, 0.29) is 106 Å². The van der Waals surface area contributed by atoms with Crippen molar-refractivity contribution in [1.82, 2.24) is 30.9 Å². The number of carbonyl (C=O) groups is 7. The van der Waals surface area contributed by atoms with Gasteiger partial charge in [0.25, 0.3) is 17.7 Å². The molecule has 740 valence electrons. The molecule has 13 aromatic rings. The molecule has 3 atom stereocenters. The Hall–Kier alpha value is -11.1. The summed E-state index contributed by atoms with van der Waals surface area (Å²) in [6.07, 6.45) is 12.4. The number of aromatic nitrogens is 3. The van der Waals surface area contributed by atoms with Crippen molar-refractivity contribution in [2.75, 3.05) is 27.4 Å². The smallest absolute Gasteiger partial charge is 0.870 e. The van der Waals surface area contributed by atoms with E-state index in [0.29, 0.717) is 87.4 Å². The van der Waals surface area contributed by atoms with E-state index in [9.17, 15) is 48.9 Å². The van der Waals surface area contributed by atoms with Gasteiger partial charge >= 0.3 is 42.7 Å². The third kappa shape index (κ3) is 34.2. The third-order valence-corrected chi connectivity index (χ3v) is 24.9. The van der Waals surface area contributed by atoms with Crippen molar-refractivity contribution < 1.29 is 97.6 Å². The Kier molecular flexibility index (Phi) is 46.4. The van der Waals surface area contributed by atoms with E-state index >= 15 is 0 Å². The van der Waals surface area contributed by atoms with E-state index in [1.165, 1.54) is 79.0 Å². The quantitative estimate of drug-likeness (QED) is 0.0123. The fraction of sp³-hybridized carbons (Fsp3) is 0.198. The molecule has 0 radical (unpaired) electrons. The average Bonchev–Trinajstić information content (AvgIpc) is 0.871. The third-order valence-electron chi connectivity index (χ3n) is 20.4. The molecule has 39 heteroatoms. The molecule has 0 aliphatic carbocycles. The first-order chi connectivity index (χ1) is 67.6. The number of methoxy groups -OCH3 is 2. The molecule has 0 saturated carbocycles. The van der Waals surface area contributed by atoms with Crippen LogP contribution in [-0.4, -0.2) is 150 Å². The number of hydrogen-bond donors (Lipinski definition) is 8. The van der Waals surface area contributed by atoms with E-state index < -0.39 is 76.5 Å². The summed E-state index contributed by atoms with van der Waals surface area (Å²) in [7, 11) is 2.49. The Morgan fingerprint density at radius 3 is 0.931 bits per heavy atom. The van der Waals surface area contributed by atoms with Crippen LogP contribution in [0.2, 0.25) is 55.2 Å². The van der Waals surface area contributed by atoms with Crippen LogP contribution < -0.4 is 34.8 Å². The number of pyridine rings is 3. The first kappa shape index (κ1) is 121. The number of carbonyl (C=O) groups excluding carboxylic acids is 5. The normalized spacial score (nSPS) is 11.7. The molecule has 25 nitrogen and oxygen atoms in total. The number of fused-ring (bicyclic) bond motifs is 3. The van der Waals surface area contributed by atoms with Crippen LogP contribution in [0.15, 0.2) is 195 Å². The fourth-order valence-corrected chi connectivity index (χ4v) is 19.1. The molecule has 145 heavy (non-hydrogen) atoms. The largest absolute Gasteiger partial charge is 1.00 e. The van der Waals surface area contributed by atoms with Crippen LogP contribution in [0.1, 0.15) is 124 Å². The fourth-order valence-electron chi connectivity index (χ4n) is 13.7. The Labute approximate surface area is 930 Å². The second-order valence-electron chi connectivity index (χ2n) is 32.5. The molecule has 1 fully saturated rings. The Morgan fingerprint density at radius 2 is 0.690 bits per heavy atom. The monoisotopic (exact) mass is 2380 g/mol.